The van der Waals surface area contributed by atoms with Crippen molar-refractivity contribution in [2.75, 3.05) is 19.5 Å². The third kappa shape index (κ3) is 3.90. The number of hydrogen-bond donors (Lipinski definition) is 1. The number of nitrogens with zero attached hydrogens (tertiary/aromatic N) is 2. The summed E-state index contributed by atoms with van der Waals surface area (Å²) >= 11 is 6.02. The largest absolute Gasteiger partial charge is 0.497 e. The van der Waals surface area contributed by atoms with E-state index in [0.717, 1.165) is 11.1 Å². The van der Waals surface area contributed by atoms with Gasteiger partial charge in [-0.05, 0) is 59.2 Å². The van der Waals surface area contributed by atoms with Gasteiger partial charge < -0.3 is 19.7 Å². The number of fused-ring (bicyclic) bond motifs is 3. The molecule has 186 valence electrons. The van der Waals surface area contributed by atoms with Crippen LogP contribution >= 0.6 is 11.6 Å². The van der Waals surface area contributed by atoms with Crippen LogP contribution in [0.2, 0.25) is 5.02 Å². The maximum Gasteiger partial charge on any atom is 0.329 e. The molecule has 0 unspecified atom stereocenters. The number of hydrogen-bond acceptors (Lipinski definition) is 6. The molecule has 1 fully saturated rings. The van der Waals surface area contributed by atoms with Gasteiger partial charge in [-0.3, -0.25) is 9.59 Å². The predicted molar refractivity (Wildman–Crippen MR) is 140 cm³/mol. The first-order valence-corrected chi connectivity index (χ1v) is 12.1. The highest BCUT2D eigenvalue weighted by Gasteiger charge is 2.67. The lowest BCUT2D eigenvalue weighted by Crippen LogP contribution is -2.42. The van der Waals surface area contributed by atoms with Crippen LogP contribution in [0.5, 0.6) is 5.75 Å². The first-order valence-electron chi connectivity index (χ1n) is 11.7. The fraction of sp³-hybridized carbons (Fsp3) is 0.207. The lowest BCUT2D eigenvalue weighted by molar-refractivity contribution is -0.151. The normalized spacial score (nSPS) is 23.4. The lowest BCUT2D eigenvalue weighted by atomic mass is 9.67. The van der Waals surface area contributed by atoms with E-state index in [-0.39, 0.29) is 5.91 Å². The van der Waals surface area contributed by atoms with Crippen LogP contribution in [0.4, 0.5) is 5.69 Å². The summed E-state index contributed by atoms with van der Waals surface area (Å²) in [6, 6.07) is 22.1. The van der Waals surface area contributed by atoms with Crippen molar-refractivity contribution in [3.8, 4) is 11.8 Å². The van der Waals surface area contributed by atoms with Gasteiger partial charge in [-0.25, -0.2) is 0 Å². The summed E-state index contributed by atoms with van der Waals surface area (Å²) in [7, 11) is 2.82. The van der Waals surface area contributed by atoms with Gasteiger partial charge in [-0.2, -0.15) is 5.26 Å². The van der Waals surface area contributed by atoms with Crippen LogP contribution in [0.25, 0.3) is 6.08 Å². The van der Waals surface area contributed by atoms with Crippen molar-refractivity contribution in [1.82, 2.24) is 4.90 Å². The predicted octanol–water partition coefficient (Wildman–Crippen LogP) is 5.16. The van der Waals surface area contributed by atoms with Crippen molar-refractivity contribution in [3.05, 3.63) is 101 Å². The number of rotatable bonds is 5. The first kappa shape index (κ1) is 24.4. The second-order valence-electron chi connectivity index (χ2n) is 8.96. The van der Waals surface area contributed by atoms with Crippen LogP contribution in [0, 0.1) is 16.7 Å². The molecule has 0 spiro atoms. The monoisotopic (exact) mass is 513 g/mol. The highest BCUT2D eigenvalue weighted by atomic mass is 35.5. The van der Waals surface area contributed by atoms with E-state index in [1.54, 1.807) is 61.8 Å². The number of esters is 1. The number of nitrogens with one attached hydrogen (secondary N) is 1. The van der Waals surface area contributed by atoms with Crippen molar-refractivity contribution in [1.29, 1.82) is 5.26 Å². The standard InChI is InChI=1S/C29H24ClN3O4/c1-36-22-13-7-19(8-14-22)24-25(27(34)32-21-11-9-20(30)10-12-21)33-16-15-18-5-3-4-6-23(18)26(33)29(24,17-31)28(35)37-2/h3-16,24-26H,1-2H3,(H,32,34)/t24-,25+,26-,29-/m1/s1. The average molecular weight is 514 g/mol. The minimum atomic E-state index is -1.72. The van der Waals surface area contributed by atoms with Gasteiger partial charge in [0.25, 0.3) is 0 Å². The molecule has 0 bridgehead atoms. The van der Waals surface area contributed by atoms with Crippen LogP contribution < -0.4 is 10.1 Å². The van der Waals surface area contributed by atoms with Gasteiger partial charge >= 0.3 is 5.97 Å². The number of anilines is 1. The molecular formula is C29H24ClN3O4. The Morgan fingerprint density at radius 2 is 1.73 bits per heavy atom. The number of methoxy groups -OCH3 is 2. The highest BCUT2D eigenvalue weighted by molar-refractivity contribution is 6.30. The summed E-state index contributed by atoms with van der Waals surface area (Å²) in [6.45, 7) is 0. The van der Waals surface area contributed by atoms with Gasteiger partial charge in [-0.1, -0.05) is 48.0 Å². The summed E-state index contributed by atoms with van der Waals surface area (Å²) in [5, 5.41) is 14.3. The summed E-state index contributed by atoms with van der Waals surface area (Å²) in [6.07, 6.45) is 3.68. The van der Waals surface area contributed by atoms with E-state index in [9.17, 15) is 14.9 Å². The van der Waals surface area contributed by atoms with Crippen LogP contribution in [0.3, 0.4) is 0 Å². The van der Waals surface area contributed by atoms with Gasteiger partial charge in [0, 0.05) is 22.8 Å². The van der Waals surface area contributed by atoms with E-state index < -0.39 is 29.4 Å². The molecule has 3 aromatic carbocycles. The van der Waals surface area contributed by atoms with Crippen LogP contribution in [-0.2, 0) is 14.3 Å². The van der Waals surface area contributed by atoms with Crippen molar-refractivity contribution in [2.24, 2.45) is 5.41 Å². The SMILES string of the molecule is COC(=O)[C@]1(C#N)[C@H](c2ccc(OC)cc2)[C@@H](C(=O)Nc2ccc(Cl)cc2)N2C=Cc3ccccc3[C@@H]21. The molecular weight excluding hydrogens is 490 g/mol. The minimum absolute atomic E-state index is 0.363. The van der Waals surface area contributed by atoms with Gasteiger partial charge in [0.15, 0.2) is 5.41 Å². The van der Waals surface area contributed by atoms with E-state index >= 15 is 0 Å². The first-order chi connectivity index (χ1) is 17.9. The quantitative estimate of drug-likeness (QED) is 0.474. The number of amides is 1. The topological polar surface area (TPSA) is 91.7 Å². The number of ether oxygens (including phenoxy) is 2. The molecule has 0 saturated carbocycles. The molecule has 7 nitrogen and oxygen atoms in total. The lowest BCUT2D eigenvalue weighted by Gasteiger charge is -2.35. The zero-order chi connectivity index (χ0) is 26.2. The summed E-state index contributed by atoms with van der Waals surface area (Å²) in [4.78, 5) is 29.4. The highest BCUT2D eigenvalue weighted by Crippen LogP contribution is 2.60. The molecule has 0 aliphatic carbocycles. The molecule has 0 aromatic heterocycles. The number of benzene rings is 3. The minimum Gasteiger partial charge on any atom is -0.497 e. The zero-order valence-corrected chi connectivity index (χ0v) is 21.0. The van der Waals surface area contributed by atoms with Crippen molar-refractivity contribution < 1.29 is 19.1 Å². The smallest absolute Gasteiger partial charge is 0.329 e. The van der Waals surface area contributed by atoms with Gasteiger partial charge in [0.2, 0.25) is 5.91 Å². The molecule has 1 N–H and O–H groups in total. The number of nitriles is 1. The van der Waals surface area contributed by atoms with Gasteiger partial charge in [-0.15, -0.1) is 0 Å². The van der Waals surface area contributed by atoms with Crippen LogP contribution in [0.1, 0.15) is 28.7 Å². The van der Waals surface area contributed by atoms with E-state index in [0.29, 0.717) is 22.0 Å². The van der Waals surface area contributed by atoms with E-state index in [2.05, 4.69) is 11.4 Å². The Labute approximate surface area is 219 Å². The molecule has 5 rings (SSSR count). The molecule has 3 aromatic rings. The van der Waals surface area contributed by atoms with E-state index in [4.69, 9.17) is 21.1 Å². The van der Waals surface area contributed by atoms with E-state index in [1.165, 1.54) is 7.11 Å². The Morgan fingerprint density at radius 3 is 2.38 bits per heavy atom. The zero-order valence-electron chi connectivity index (χ0n) is 20.2. The third-order valence-electron chi connectivity index (χ3n) is 7.14. The molecule has 8 heteroatoms. The number of carbonyl (C=O) groups excluding carboxylic acids is 2. The fourth-order valence-electron chi connectivity index (χ4n) is 5.53. The van der Waals surface area contributed by atoms with Crippen molar-refractivity contribution in [3.63, 3.8) is 0 Å². The molecule has 2 aliphatic rings. The average Bonchev–Trinajstić information content (AvgIpc) is 3.25. The number of carbonyl (C=O) groups is 2. The third-order valence-corrected chi connectivity index (χ3v) is 7.39. The van der Waals surface area contributed by atoms with Crippen LogP contribution in [0.15, 0.2) is 79.0 Å². The van der Waals surface area contributed by atoms with Crippen LogP contribution in [-0.4, -0.2) is 37.0 Å². The molecule has 2 heterocycles. The van der Waals surface area contributed by atoms with E-state index in [1.807, 2.05) is 35.2 Å². The number of halogens is 1. The maximum absolute atomic E-state index is 14.0. The van der Waals surface area contributed by atoms with Crippen molar-refractivity contribution in [2.45, 2.75) is 18.0 Å². The summed E-state index contributed by atoms with van der Waals surface area (Å²) < 4.78 is 10.6. The van der Waals surface area contributed by atoms with Gasteiger partial charge in [0.05, 0.1) is 26.3 Å². The Morgan fingerprint density at radius 1 is 1.03 bits per heavy atom. The molecule has 4 atom stereocenters. The second kappa shape index (κ2) is 9.64. The molecule has 0 radical (unpaired) electrons. The Kier molecular flexibility index (Phi) is 6.36. The summed E-state index contributed by atoms with van der Waals surface area (Å²) in [5.41, 5.74) is 1.13. The summed E-state index contributed by atoms with van der Waals surface area (Å²) in [5.74, 6) is -1.30. The molecule has 2 aliphatic heterocycles. The molecule has 1 amide bonds. The molecule has 37 heavy (non-hydrogen) atoms. The maximum atomic E-state index is 14.0. The Bertz CT molecular complexity index is 1410. The van der Waals surface area contributed by atoms with Gasteiger partial charge in [0.1, 0.15) is 11.8 Å². The Balaban J connectivity index is 1.72. The van der Waals surface area contributed by atoms with Crippen molar-refractivity contribution >= 4 is 35.2 Å². The fourth-order valence-corrected chi connectivity index (χ4v) is 5.65. The Hall–Kier alpha value is -4.28. The second-order valence-corrected chi connectivity index (χ2v) is 9.40. The molecule has 1 saturated heterocycles.